The summed E-state index contributed by atoms with van der Waals surface area (Å²) in [7, 11) is 0.763. The maximum atomic E-state index is 11.6. The van der Waals surface area contributed by atoms with Crippen molar-refractivity contribution in [3.8, 4) is 0 Å². The molecule has 1 fully saturated rings. The van der Waals surface area contributed by atoms with Gasteiger partial charge in [0.25, 0.3) is 0 Å². The molecule has 0 amide bonds. The maximum Gasteiger partial charge on any atom is 0.566 e. The van der Waals surface area contributed by atoms with Crippen molar-refractivity contribution >= 4 is 24.8 Å². The van der Waals surface area contributed by atoms with E-state index in [2.05, 4.69) is 0 Å². The molecule has 1 N–H and O–H groups in total. The molecule has 1 unspecified atom stereocenters. The van der Waals surface area contributed by atoms with E-state index in [9.17, 15) is 14.7 Å². The summed E-state index contributed by atoms with van der Waals surface area (Å²) in [6.45, 7) is 0.328. The summed E-state index contributed by atoms with van der Waals surface area (Å²) < 4.78 is 10.5. The van der Waals surface area contributed by atoms with Crippen LogP contribution < -0.4 is 5.46 Å². The molecule has 106 valence electrons. The highest BCUT2D eigenvalue weighted by Gasteiger charge is 2.32. The molecule has 1 aromatic rings. The average Bonchev–Trinajstić information content (AvgIpc) is 2.37. The van der Waals surface area contributed by atoms with Gasteiger partial charge in [-0.3, -0.25) is 9.69 Å². The van der Waals surface area contributed by atoms with E-state index in [1.165, 1.54) is 0 Å². The van der Waals surface area contributed by atoms with Gasteiger partial charge in [0.1, 0.15) is 6.29 Å². The fourth-order valence-electron chi connectivity index (χ4n) is 1.98. The number of hydrogen-bond acceptors (Lipinski definition) is 6. The molecular weight excluding hydrogens is 261 g/mol. The minimum atomic E-state index is -1.03. The predicted octanol–water partition coefficient (Wildman–Crippen LogP) is -1.05. The van der Waals surface area contributed by atoms with E-state index < -0.39 is 19.4 Å². The second kappa shape index (κ2) is 6.65. The Kier molecular flexibility index (Phi) is 4.89. The standard InChI is InChI=1S/C13H16BNO5/c1-15-8-12(17)19-14(20-13(18)9-15)11-4-2-10(3-5-11)6-7-16/h2-5,7,12,17H,6,8-9H2,1H3. The van der Waals surface area contributed by atoms with Crippen LogP contribution in [0.1, 0.15) is 5.56 Å². The third-order valence-corrected chi connectivity index (χ3v) is 2.96. The SMILES string of the molecule is CN1CC(=O)OB(c2ccc(CC=O)cc2)OC(O)C1. The number of rotatable bonds is 3. The Labute approximate surface area is 117 Å². The van der Waals surface area contributed by atoms with Crippen molar-refractivity contribution < 1.29 is 24.0 Å². The molecule has 7 heteroatoms. The number of hydrogen-bond donors (Lipinski definition) is 1. The first-order chi connectivity index (χ1) is 9.58. The van der Waals surface area contributed by atoms with Crippen LogP contribution in [0.15, 0.2) is 24.3 Å². The lowest BCUT2D eigenvalue weighted by Gasteiger charge is -2.26. The predicted molar refractivity (Wildman–Crippen MR) is 72.3 cm³/mol. The summed E-state index contributed by atoms with van der Waals surface area (Å²) in [5.41, 5.74) is 1.48. The van der Waals surface area contributed by atoms with Crippen LogP contribution in [0.3, 0.4) is 0 Å². The Hall–Kier alpha value is -1.70. The molecule has 20 heavy (non-hydrogen) atoms. The van der Waals surface area contributed by atoms with Gasteiger partial charge >= 0.3 is 13.1 Å². The van der Waals surface area contributed by atoms with E-state index in [0.29, 0.717) is 11.9 Å². The smallest absolute Gasteiger partial charge is 0.505 e. The molecule has 0 saturated carbocycles. The summed E-state index contributed by atoms with van der Waals surface area (Å²) in [6.07, 6.45) is 0.118. The molecule has 1 saturated heterocycles. The van der Waals surface area contributed by atoms with E-state index in [1.54, 1.807) is 36.2 Å². The van der Waals surface area contributed by atoms with Gasteiger partial charge in [0.2, 0.25) is 0 Å². The number of aldehydes is 1. The Morgan fingerprint density at radius 2 is 2.15 bits per heavy atom. The van der Waals surface area contributed by atoms with E-state index in [-0.39, 0.29) is 13.1 Å². The number of benzene rings is 1. The van der Waals surface area contributed by atoms with Gasteiger partial charge < -0.3 is 19.2 Å². The van der Waals surface area contributed by atoms with Gasteiger partial charge in [0.05, 0.1) is 6.54 Å². The Balaban J connectivity index is 2.12. The molecule has 0 aliphatic carbocycles. The van der Waals surface area contributed by atoms with Crippen molar-refractivity contribution in [3.05, 3.63) is 29.8 Å². The number of aliphatic hydroxyl groups is 1. The summed E-state index contributed by atoms with van der Waals surface area (Å²) in [4.78, 5) is 23.7. The number of nitrogens with zero attached hydrogens (tertiary/aromatic N) is 1. The lowest BCUT2D eigenvalue weighted by Crippen LogP contribution is -2.49. The van der Waals surface area contributed by atoms with Crippen molar-refractivity contribution in [2.45, 2.75) is 12.7 Å². The first kappa shape index (κ1) is 14.7. The molecule has 0 aromatic heterocycles. The molecule has 1 atom stereocenters. The highest BCUT2D eigenvalue weighted by atomic mass is 16.7. The topological polar surface area (TPSA) is 76.1 Å². The fraction of sp³-hybridized carbons (Fsp3) is 0.385. The normalized spacial score (nSPS) is 21.0. The molecule has 1 heterocycles. The highest BCUT2D eigenvalue weighted by Crippen LogP contribution is 2.05. The van der Waals surface area contributed by atoms with Crippen LogP contribution in [0.5, 0.6) is 0 Å². The minimum absolute atomic E-state index is 0.0974. The van der Waals surface area contributed by atoms with E-state index >= 15 is 0 Å². The first-order valence-corrected chi connectivity index (χ1v) is 6.32. The van der Waals surface area contributed by atoms with Crippen LogP contribution in [0.25, 0.3) is 0 Å². The summed E-state index contributed by atoms with van der Waals surface area (Å²) in [6, 6.07) is 6.96. The fourth-order valence-corrected chi connectivity index (χ4v) is 1.98. The molecule has 0 bridgehead atoms. The number of β-amino-alcohol motifs (C(OH)–C–C–N with tert-alkyl or cyclic N) is 1. The van der Waals surface area contributed by atoms with Gasteiger partial charge in [-0.1, -0.05) is 24.3 Å². The van der Waals surface area contributed by atoms with Crippen LogP contribution in [-0.2, 0) is 25.3 Å². The van der Waals surface area contributed by atoms with Crippen LogP contribution in [0.2, 0.25) is 0 Å². The molecule has 2 rings (SSSR count). The molecule has 0 spiro atoms. The molecule has 6 nitrogen and oxygen atoms in total. The zero-order valence-electron chi connectivity index (χ0n) is 11.2. The molecule has 0 radical (unpaired) electrons. The summed E-state index contributed by atoms with van der Waals surface area (Å²) >= 11 is 0. The minimum Gasteiger partial charge on any atom is -0.505 e. The Morgan fingerprint density at radius 1 is 1.45 bits per heavy atom. The molecule has 1 aliphatic heterocycles. The quantitative estimate of drug-likeness (QED) is 0.561. The lowest BCUT2D eigenvalue weighted by atomic mass is 9.78. The maximum absolute atomic E-state index is 11.6. The molecule has 1 aromatic carbocycles. The Bertz CT molecular complexity index is 478. The van der Waals surface area contributed by atoms with Gasteiger partial charge in [0, 0.05) is 13.0 Å². The van der Waals surface area contributed by atoms with Crippen LogP contribution in [0.4, 0.5) is 0 Å². The zero-order chi connectivity index (χ0) is 14.5. The van der Waals surface area contributed by atoms with Crippen molar-refractivity contribution in [2.24, 2.45) is 0 Å². The third-order valence-electron chi connectivity index (χ3n) is 2.96. The van der Waals surface area contributed by atoms with Crippen molar-refractivity contribution in [3.63, 3.8) is 0 Å². The number of aliphatic hydroxyl groups excluding tert-OH is 1. The van der Waals surface area contributed by atoms with Gasteiger partial charge in [-0.2, -0.15) is 0 Å². The largest absolute Gasteiger partial charge is 0.566 e. The lowest BCUT2D eigenvalue weighted by molar-refractivity contribution is -0.143. The second-order valence-electron chi connectivity index (χ2n) is 4.72. The third kappa shape index (κ3) is 3.90. The van der Waals surface area contributed by atoms with Crippen LogP contribution >= 0.6 is 0 Å². The second-order valence-corrected chi connectivity index (χ2v) is 4.72. The molecule has 1 aliphatic rings. The van der Waals surface area contributed by atoms with E-state index in [0.717, 1.165) is 11.8 Å². The number of carbonyl (C=O) groups is 2. The van der Waals surface area contributed by atoms with Crippen LogP contribution in [-0.4, -0.2) is 55.8 Å². The highest BCUT2D eigenvalue weighted by molar-refractivity contribution is 6.62. The van der Waals surface area contributed by atoms with Gasteiger partial charge in [0.15, 0.2) is 6.29 Å². The Morgan fingerprint density at radius 3 is 2.80 bits per heavy atom. The van der Waals surface area contributed by atoms with Gasteiger partial charge in [-0.15, -0.1) is 0 Å². The number of carbonyl (C=O) groups excluding carboxylic acids is 2. The van der Waals surface area contributed by atoms with Gasteiger partial charge in [-0.05, 0) is 18.1 Å². The zero-order valence-corrected chi connectivity index (χ0v) is 11.2. The van der Waals surface area contributed by atoms with Crippen molar-refractivity contribution in [1.29, 1.82) is 0 Å². The van der Waals surface area contributed by atoms with Crippen LogP contribution in [0, 0.1) is 0 Å². The summed E-state index contributed by atoms with van der Waals surface area (Å²) in [5.74, 6) is -0.415. The molecular formula is C13H16BNO5. The first-order valence-electron chi connectivity index (χ1n) is 6.32. The van der Waals surface area contributed by atoms with E-state index in [1.807, 2.05) is 0 Å². The van der Waals surface area contributed by atoms with Crippen molar-refractivity contribution in [1.82, 2.24) is 4.90 Å². The van der Waals surface area contributed by atoms with Gasteiger partial charge in [-0.25, -0.2) is 0 Å². The van der Waals surface area contributed by atoms with Crippen molar-refractivity contribution in [2.75, 3.05) is 20.1 Å². The van der Waals surface area contributed by atoms with E-state index in [4.69, 9.17) is 9.31 Å². The number of likely N-dealkylation sites (N-methyl/N-ethyl adjacent to an activating group) is 1. The average molecular weight is 277 g/mol. The summed E-state index contributed by atoms with van der Waals surface area (Å²) in [5, 5.41) is 9.74. The monoisotopic (exact) mass is 277 g/mol.